The summed E-state index contributed by atoms with van der Waals surface area (Å²) in [5, 5.41) is 0. The van der Waals surface area contributed by atoms with Gasteiger partial charge in [0.15, 0.2) is 0 Å². The summed E-state index contributed by atoms with van der Waals surface area (Å²) in [6, 6.07) is 5.98. The smallest absolute Gasteiger partial charge is 0.137 e. The summed E-state index contributed by atoms with van der Waals surface area (Å²) in [5.41, 5.74) is 9.73. The molecular formula is C10H9N3. The molecule has 0 atom stereocenters. The number of nitrogens with two attached hydrogens (primary N) is 1. The molecular weight excluding hydrogens is 162 g/mol. The van der Waals surface area contributed by atoms with Crippen LogP contribution < -0.4 is 5.73 Å². The topological polar surface area (TPSA) is 43.3 Å². The van der Waals surface area contributed by atoms with Crippen LogP contribution in [0.3, 0.4) is 0 Å². The van der Waals surface area contributed by atoms with Gasteiger partial charge in [-0.1, -0.05) is 12.1 Å². The molecule has 0 unspecified atom stereocenters. The minimum Gasteiger partial charge on any atom is -0.397 e. The average Bonchev–Trinajstić information content (AvgIpc) is 2.67. The molecule has 3 rings (SSSR count). The largest absolute Gasteiger partial charge is 0.397 e. The van der Waals surface area contributed by atoms with Crippen LogP contribution in [0.2, 0.25) is 0 Å². The summed E-state index contributed by atoms with van der Waals surface area (Å²) >= 11 is 0. The SMILES string of the molecule is NC1=CCc2c1nc1ccccn21. The lowest BCUT2D eigenvalue weighted by Crippen LogP contribution is -1.93. The fourth-order valence-electron chi connectivity index (χ4n) is 1.78. The second-order valence-corrected chi connectivity index (χ2v) is 3.20. The highest BCUT2D eigenvalue weighted by molar-refractivity contribution is 5.69. The normalized spacial score (nSPS) is 14.6. The molecule has 0 bridgehead atoms. The molecule has 3 nitrogen and oxygen atoms in total. The minimum absolute atomic E-state index is 0.804. The number of hydrogen-bond donors (Lipinski definition) is 1. The summed E-state index contributed by atoms with van der Waals surface area (Å²) in [6.07, 6.45) is 4.93. The number of nitrogens with zero attached hydrogens (tertiary/aromatic N) is 2. The molecule has 64 valence electrons. The van der Waals surface area contributed by atoms with Crippen molar-refractivity contribution in [1.29, 1.82) is 0 Å². The predicted molar refractivity (Wildman–Crippen MR) is 51.1 cm³/mol. The highest BCUT2D eigenvalue weighted by Gasteiger charge is 2.17. The molecule has 0 saturated carbocycles. The number of allylic oxidation sites excluding steroid dienone is 1. The number of pyridine rings is 1. The van der Waals surface area contributed by atoms with E-state index in [4.69, 9.17) is 5.73 Å². The van der Waals surface area contributed by atoms with Crippen LogP contribution in [0.1, 0.15) is 11.4 Å². The van der Waals surface area contributed by atoms with Gasteiger partial charge in [0.2, 0.25) is 0 Å². The highest BCUT2D eigenvalue weighted by Crippen LogP contribution is 2.23. The maximum atomic E-state index is 5.80. The van der Waals surface area contributed by atoms with Crippen molar-refractivity contribution in [3.05, 3.63) is 41.9 Å². The molecule has 0 amide bonds. The molecule has 2 N–H and O–H groups in total. The molecule has 1 aliphatic carbocycles. The Morgan fingerprint density at radius 2 is 2.31 bits per heavy atom. The molecule has 13 heavy (non-hydrogen) atoms. The molecule has 1 aliphatic rings. The number of rotatable bonds is 0. The molecule has 0 saturated heterocycles. The monoisotopic (exact) mass is 171 g/mol. The van der Waals surface area contributed by atoms with Gasteiger partial charge in [-0.25, -0.2) is 4.98 Å². The van der Waals surface area contributed by atoms with Gasteiger partial charge in [0.05, 0.1) is 11.4 Å². The van der Waals surface area contributed by atoms with E-state index >= 15 is 0 Å². The molecule has 0 spiro atoms. The first-order chi connectivity index (χ1) is 6.36. The van der Waals surface area contributed by atoms with Crippen molar-refractivity contribution < 1.29 is 0 Å². The van der Waals surface area contributed by atoms with Crippen LogP contribution in [-0.4, -0.2) is 9.38 Å². The average molecular weight is 171 g/mol. The molecule has 2 heterocycles. The van der Waals surface area contributed by atoms with Crippen molar-refractivity contribution in [3.63, 3.8) is 0 Å². The summed E-state index contributed by atoms with van der Waals surface area (Å²) in [6.45, 7) is 0. The van der Waals surface area contributed by atoms with Crippen molar-refractivity contribution in [2.75, 3.05) is 0 Å². The van der Waals surface area contributed by atoms with E-state index in [0.717, 1.165) is 23.5 Å². The lowest BCUT2D eigenvalue weighted by molar-refractivity contribution is 1.06. The summed E-state index contributed by atoms with van der Waals surface area (Å²) in [7, 11) is 0. The molecule has 0 fully saturated rings. The Labute approximate surface area is 75.5 Å². The third-order valence-corrected chi connectivity index (χ3v) is 2.42. The van der Waals surface area contributed by atoms with E-state index in [9.17, 15) is 0 Å². The standard InChI is InChI=1S/C10H9N3/c11-7-4-5-8-10(7)12-9-3-1-2-6-13(8)9/h1-4,6H,5,11H2. The second kappa shape index (κ2) is 2.13. The van der Waals surface area contributed by atoms with Crippen LogP contribution in [0.5, 0.6) is 0 Å². The van der Waals surface area contributed by atoms with Crippen molar-refractivity contribution in [1.82, 2.24) is 9.38 Å². The highest BCUT2D eigenvalue weighted by atomic mass is 15.0. The Hall–Kier alpha value is -1.77. The number of aromatic nitrogens is 2. The van der Waals surface area contributed by atoms with Gasteiger partial charge in [0.1, 0.15) is 11.3 Å². The number of hydrogen-bond acceptors (Lipinski definition) is 2. The Morgan fingerprint density at radius 1 is 1.38 bits per heavy atom. The molecule has 0 radical (unpaired) electrons. The van der Waals surface area contributed by atoms with E-state index < -0.39 is 0 Å². The zero-order valence-corrected chi connectivity index (χ0v) is 7.07. The third kappa shape index (κ3) is 0.758. The fourth-order valence-corrected chi connectivity index (χ4v) is 1.78. The van der Waals surface area contributed by atoms with Gasteiger partial charge < -0.3 is 10.1 Å². The molecule has 0 aliphatic heterocycles. The summed E-state index contributed by atoms with van der Waals surface area (Å²) in [4.78, 5) is 4.44. The first-order valence-corrected chi connectivity index (χ1v) is 4.28. The van der Waals surface area contributed by atoms with E-state index in [1.807, 2.05) is 30.5 Å². The predicted octanol–water partition coefficient (Wildman–Crippen LogP) is 1.19. The van der Waals surface area contributed by atoms with E-state index in [1.165, 1.54) is 5.69 Å². The summed E-state index contributed by atoms with van der Waals surface area (Å²) < 4.78 is 2.09. The van der Waals surface area contributed by atoms with Crippen LogP contribution >= 0.6 is 0 Å². The van der Waals surface area contributed by atoms with Crippen molar-refractivity contribution in [3.8, 4) is 0 Å². The lowest BCUT2D eigenvalue weighted by Gasteiger charge is -1.94. The Morgan fingerprint density at radius 3 is 3.23 bits per heavy atom. The van der Waals surface area contributed by atoms with Gasteiger partial charge in [-0.2, -0.15) is 0 Å². The third-order valence-electron chi connectivity index (χ3n) is 2.42. The maximum absolute atomic E-state index is 5.80. The fraction of sp³-hybridized carbons (Fsp3) is 0.100. The quantitative estimate of drug-likeness (QED) is 0.647. The van der Waals surface area contributed by atoms with E-state index in [1.54, 1.807) is 0 Å². The zero-order valence-electron chi connectivity index (χ0n) is 7.07. The Balaban J connectivity index is 2.43. The molecule has 2 aromatic rings. The van der Waals surface area contributed by atoms with Gasteiger partial charge in [-0.3, -0.25) is 0 Å². The van der Waals surface area contributed by atoms with Gasteiger partial charge >= 0.3 is 0 Å². The molecule has 0 aromatic carbocycles. The first-order valence-electron chi connectivity index (χ1n) is 4.28. The van der Waals surface area contributed by atoms with Gasteiger partial charge in [0.25, 0.3) is 0 Å². The molecule has 2 aromatic heterocycles. The minimum atomic E-state index is 0.804. The van der Waals surface area contributed by atoms with Crippen LogP contribution in [0, 0.1) is 0 Å². The number of fused-ring (bicyclic) bond motifs is 3. The molecule has 3 heteroatoms. The van der Waals surface area contributed by atoms with Crippen LogP contribution in [0.4, 0.5) is 0 Å². The van der Waals surface area contributed by atoms with Crippen LogP contribution in [0.15, 0.2) is 30.5 Å². The first kappa shape index (κ1) is 6.71. The van der Waals surface area contributed by atoms with Gasteiger partial charge in [-0.05, 0) is 12.1 Å². The van der Waals surface area contributed by atoms with Crippen LogP contribution in [0.25, 0.3) is 11.3 Å². The summed E-state index contributed by atoms with van der Waals surface area (Å²) in [5.74, 6) is 0. The van der Waals surface area contributed by atoms with Gasteiger partial charge in [-0.15, -0.1) is 0 Å². The second-order valence-electron chi connectivity index (χ2n) is 3.20. The van der Waals surface area contributed by atoms with Crippen LogP contribution in [-0.2, 0) is 6.42 Å². The van der Waals surface area contributed by atoms with E-state index in [2.05, 4.69) is 9.38 Å². The van der Waals surface area contributed by atoms with Crippen molar-refractivity contribution >= 4 is 11.3 Å². The van der Waals surface area contributed by atoms with E-state index in [-0.39, 0.29) is 0 Å². The van der Waals surface area contributed by atoms with E-state index in [0.29, 0.717) is 0 Å². The Kier molecular flexibility index (Phi) is 1.10. The van der Waals surface area contributed by atoms with Gasteiger partial charge in [0, 0.05) is 12.6 Å². The Bertz CT molecular complexity index is 508. The maximum Gasteiger partial charge on any atom is 0.137 e. The number of imidazole rings is 1. The van der Waals surface area contributed by atoms with Crippen molar-refractivity contribution in [2.24, 2.45) is 5.73 Å². The zero-order chi connectivity index (χ0) is 8.84. The lowest BCUT2D eigenvalue weighted by atomic mass is 10.3. The van der Waals surface area contributed by atoms with Crippen molar-refractivity contribution in [2.45, 2.75) is 6.42 Å².